The Morgan fingerprint density at radius 1 is 1.40 bits per heavy atom. The van der Waals surface area contributed by atoms with Crippen molar-refractivity contribution in [3.05, 3.63) is 34.2 Å². The lowest BCUT2D eigenvalue weighted by molar-refractivity contribution is -0.0242. The molecule has 1 N–H and O–H groups in total. The molecule has 0 aliphatic heterocycles. The Labute approximate surface area is 118 Å². The summed E-state index contributed by atoms with van der Waals surface area (Å²) in [7, 11) is 0. The average molecular weight is 275 g/mol. The first-order chi connectivity index (χ1) is 9.34. The Morgan fingerprint density at radius 2 is 2.15 bits per heavy atom. The number of H-pyrrole nitrogens is 1. The summed E-state index contributed by atoms with van der Waals surface area (Å²) in [5, 5.41) is 0. The molecule has 4 heteroatoms. The molecule has 0 saturated heterocycles. The Kier molecular flexibility index (Phi) is 2.82. The standard InChI is InChI=1S/C16H21NO3/c1-15(2)11-4-6-16(15,3)12(9-11)20-14(19)10-5-7-17-13(18)8-10/h5,7-8,11-12H,4,6,9H2,1-3H3,(H,17,18). The number of fused-ring (bicyclic) bond motifs is 2. The van der Waals surface area contributed by atoms with Gasteiger partial charge in [-0.15, -0.1) is 0 Å². The quantitative estimate of drug-likeness (QED) is 0.844. The van der Waals surface area contributed by atoms with Crippen LogP contribution in [0.5, 0.6) is 0 Å². The highest BCUT2D eigenvalue weighted by atomic mass is 16.5. The van der Waals surface area contributed by atoms with E-state index in [1.54, 1.807) is 6.07 Å². The summed E-state index contributed by atoms with van der Waals surface area (Å²) in [5.74, 6) is 0.246. The van der Waals surface area contributed by atoms with Crippen LogP contribution in [-0.4, -0.2) is 17.1 Å². The van der Waals surface area contributed by atoms with Gasteiger partial charge in [0.25, 0.3) is 0 Å². The summed E-state index contributed by atoms with van der Waals surface area (Å²) in [6.45, 7) is 6.80. The fourth-order valence-electron chi connectivity index (χ4n) is 4.08. The molecule has 1 heterocycles. The zero-order chi connectivity index (χ0) is 14.5. The van der Waals surface area contributed by atoms with E-state index in [1.807, 2.05) is 0 Å². The van der Waals surface area contributed by atoms with Gasteiger partial charge in [0.05, 0.1) is 5.56 Å². The molecular weight excluding hydrogens is 254 g/mol. The number of esters is 1. The number of aromatic nitrogens is 1. The number of hydrogen-bond acceptors (Lipinski definition) is 3. The lowest BCUT2D eigenvalue weighted by atomic mass is 9.70. The molecule has 3 unspecified atom stereocenters. The normalized spacial score (nSPS) is 34.1. The van der Waals surface area contributed by atoms with Gasteiger partial charge >= 0.3 is 5.97 Å². The van der Waals surface area contributed by atoms with Gasteiger partial charge in [0, 0.05) is 17.7 Å². The Balaban J connectivity index is 1.80. The zero-order valence-electron chi connectivity index (χ0n) is 12.2. The van der Waals surface area contributed by atoms with Crippen molar-refractivity contribution in [3.8, 4) is 0 Å². The predicted molar refractivity (Wildman–Crippen MR) is 75.5 cm³/mol. The molecule has 4 nitrogen and oxygen atoms in total. The van der Waals surface area contributed by atoms with Gasteiger partial charge in [-0.2, -0.15) is 0 Å². The first-order valence-electron chi connectivity index (χ1n) is 7.24. The minimum absolute atomic E-state index is 0.0389. The van der Waals surface area contributed by atoms with Gasteiger partial charge < -0.3 is 9.72 Å². The monoisotopic (exact) mass is 275 g/mol. The van der Waals surface area contributed by atoms with Gasteiger partial charge in [-0.3, -0.25) is 4.79 Å². The summed E-state index contributed by atoms with van der Waals surface area (Å²) >= 11 is 0. The van der Waals surface area contributed by atoms with E-state index in [1.165, 1.54) is 18.7 Å². The van der Waals surface area contributed by atoms with Crippen LogP contribution in [0.2, 0.25) is 0 Å². The maximum Gasteiger partial charge on any atom is 0.338 e. The third-order valence-electron chi connectivity index (χ3n) is 5.97. The van der Waals surface area contributed by atoms with Crippen molar-refractivity contribution >= 4 is 5.97 Å². The number of pyridine rings is 1. The van der Waals surface area contributed by atoms with Crippen molar-refractivity contribution in [2.45, 2.75) is 46.1 Å². The minimum atomic E-state index is -0.384. The van der Waals surface area contributed by atoms with Gasteiger partial charge in [-0.25, -0.2) is 4.79 Å². The molecule has 2 aliphatic rings. The smallest absolute Gasteiger partial charge is 0.338 e. The van der Waals surface area contributed by atoms with E-state index >= 15 is 0 Å². The second kappa shape index (κ2) is 4.21. The fraction of sp³-hybridized carbons (Fsp3) is 0.625. The topological polar surface area (TPSA) is 59.2 Å². The first-order valence-corrected chi connectivity index (χ1v) is 7.24. The first kappa shape index (κ1) is 13.4. The van der Waals surface area contributed by atoms with Gasteiger partial charge in [0.15, 0.2) is 0 Å². The number of rotatable bonds is 2. The van der Waals surface area contributed by atoms with Crippen LogP contribution in [-0.2, 0) is 4.74 Å². The largest absolute Gasteiger partial charge is 0.458 e. The lowest BCUT2D eigenvalue weighted by Crippen LogP contribution is -2.38. The predicted octanol–water partition coefficient (Wildman–Crippen LogP) is 2.75. The van der Waals surface area contributed by atoms with Crippen molar-refractivity contribution < 1.29 is 9.53 Å². The van der Waals surface area contributed by atoms with E-state index in [4.69, 9.17) is 4.74 Å². The molecule has 0 amide bonds. The second-order valence-corrected chi connectivity index (χ2v) is 6.95. The molecule has 0 aromatic carbocycles. The molecule has 2 bridgehead atoms. The maximum atomic E-state index is 12.2. The van der Waals surface area contributed by atoms with Gasteiger partial charge in [-0.1, -0.05) is 20.8 Å². The SMILES string of the molecule is CC1(C)C2CCC1(C)C(OC(=O)c1cc[nH]c(=O)c1)C2. The lowest BCUT2D eigenvalue weighted by Gasteiger charge is -2.38. The number of carbonyl (C=O) groups excluding carboxylic acids is 1. The maximum absolute atomic E-state index is 12.2. The van der Waals surface area contributed by atoms with Crippen molar-refractivity contribution in [1.82, 2.24) is 4.98 Å². The average Bonchev–Trinajstić information content (AvgIpc) is 2.72. The second-order valence-electron chi connectivity index (χ2n) is 6.95. The molecule has 3 atom stereocenters. The van der Waals surface area contributed by atoms with Gasteiger partial charge in [0.2, 0.25) is 5.56 Å². The van der Waals surface area contributed by atoms with Gasteiger partial charge in [0.1, 0.15) is 6.10 Å². The summed E-state index contributed by atoms with van der Waals surface area (Å²) in [4.78, 5) is 26.0. The highest BCUT2D eigenvalue weighted by Crippen LogP contribution is 2.66. The molecule has 0 spiro atoms. The Bertz CT molecular complexity index is 604. The number of hydrogen-bond donors (Lipinski definition) is 1. The number of ether oxygens (including phenoxy) is 1. The van der Waals surface area contributed by atoms with Crippen LogP contribution in [0.1, 0.15) is 50.4 Å². The van der Waals surface area contributed by atoms with Crippen molar-refractivity contribution in [2.75, 3.05) is 0 Å². The van der Waals surface area contributed by atoms with Crippen LogP contribution in [0.15, 0.2) is 23.1 Å². The Morgan fingerprint density at radius 3 is 2.70 bits per heavy atom. The molecule has 1 aromatic rings. The highest BCUT2D eigenvalue weighted by Gasteiger charge is 2.62. The van der Waals surface area contributed by atoms with E-state index in [0.717, 1.165) is 12.8 Å². The summed E-state index contributed by atoms with van der Waals surface area (Å²) in [6, 6.07) is 2.88. The molecule has 2 saturated carbocycles. The summed E-state index contributed by atoms with van der Waals surface area (Å²) in [5.41, 5.74) is 0.317. The van der Waals surface area contributed by atoms with Crippen molar-refractivity contribution in [2.24, 2.45) is 16.7 Å². The van der Waals surface area contributed by atoms with Crippen molar-refractivity contribution in [3.63, 3.8) is 0 Å². The van der Waals surface area contributed by atoms with E-state index in [-0.39, 0.29) is 28.5 Å². The van der Waals surface area contributed by atoms with Crippen LogP contribution in [0.4, 0.5) is 0 Å². The third-order valence-corrected chi connectivity index (χ3v) is 5.97. The van der Waals surface area contributed by atoms with E-state index < -0.39 is 0 Å². The van der Waals surface area contributed by atoms with Crippen LogP contribution >= 0.6 is 0 Å². The molecular formula is C16H21NO3. The van der Waals surface area contributed by atoms with Crippen LogP contribution in [0.3, 0.4) is 0 Å². The van der Waals surface area contributed by atoms with Crippen LogP contribution < -0.4 is 5.56 Å². The molecule has 1 aromatic heterocycles. The minimum Gasteiger partial charge on any atom is -0.458 e. The van der Waals surface area contributed by atoms with E-state index in [2.05, 4.69) is 25.8 Å². The van der Waals surface area contributed by atoms with Gasteiger partial charge in [-0.05, 0) is 36.7 Å². The third kappa shape index (κ3) is 1.74. The fourth-order valence-corrected chi connectivity index (χ4v) is 4.08. The highest BCUT2D eigenvalue weighted by molar-refractivity contribution is 5.89. The van der Waals surface area contributed by atoms with E-state index in [9.17, 15) is 9.59 Å². The molecule has 20 heavy (non-hydrogen) atoms. The zero-order valence-corrected chi connectivity index (χ0v) is 12.2. The molecule has 2 fully saturated rings. The van der Waals surface area contributed by atoms with Crippen LogP contribution in [0, 0.1) is 16.7 Å². The molecule has 108 valence electrons. The molecule has 0 radical (unpaired) electrons. The van der Waals surface area contributed by atoms with E-state index in [0.29, 0.717) is 11.5 Å². The summed E-state index contributed by atoms with van der Waals surface area (Å²) in [6.07, 6.45) is 4.72. The van der Waals surface area contributed by atoms with Crippen LogP contribution in [0.25, 0.3) is 0 Å². The summed E-state index contributed by atoms with van der Waals surface area (Å²) < 4.78 is 5.73. The number of nitrogens with one attached hydrogen (secondary N) is 1. The number of aromatic amines is 1. The Hall–Kier alpha value is -1.58. The van der Waals surface area contributed by atoms with Crippen molar-refractivity contribution in [1.29, 1.82) is 0 Å². The number of carbonyl (C=O) groups is 1. The molecule has 3 rings (SSSR count). The molecule has 2 aliphatic carbocycles.